The Hall–Kier alpha value is -3.52. The van der Waals surface area contributed by atoms with E-state index in [1.54, 1.807) is 16.8 Å². The maximum Gasteiger partial charge on any atom is 0.269 e. The fraction of sp³-hybridized carbons (Fsp3) is 0.304. The van der Waals surface area contributed by atoms with Crippen LogP contribution in [0.2, 0.25) is 0 Å². The van der Waals surface area contributed by atoms with E-state index < -0.39 is 4.92 Å². The zero-order chi connectivity index (χ0) is 21.8. The van der Waals surface area contributed by atoms with Gasteiger partial charge in [0.1, 0.15) is 0 Å². The van der Waals surface area contributed by atoms with Crippen molar-refractivity contribution in [1.82, 2.24) is 15.1 Å². The molecule has 0 atom stereocenters. The molecule has 1 aliphatic carbocycles. The molecule has 1 aliphatic rings. The Balaban J connectivity index is 1.59. The Morgan fingerprint density at radius 1 is 1.10 bits per heavy atom. The van der Waals surface area contributed by atoms with Crippen molar-refractivity contribution in [2.24, 2.45) is 0 Å². The second kappa shape index (κ2) is 9.09. The number of non-ortho nitro benzene ring substituents is 1. The summed E-state index contributed by atoms with van der Waals surface area (Å²) in [5.41, 5.74) is 2.94. The number of benzene rings is 2. The molecule has 1 heterocycles. The van der Waals surface area contributed by atoms with Crippen molar-refractivity contribution >= 4 is 11.6 Å². The Bertz CT molecular complexity index is 1050. The molecule has 0 aliphatic heterocycles. The lowest BCUT2D eigenvalue weighted by atomic mass is 9.93. The van der Waals surface area contributed by atoms with Gasteiger partial charge in [-0.2, -0.15) is 5.10 Å². The van der Waals surface area contributed by atoms with Crippen LogP contribution in [-0.4, -0.2) is 37.9 Å². The van der Waals surface area contributed by atoms with Crippen LogP contribution >= 0.6 is 0 Å². The number of aromatic nitrogens is 2. The maximum absolute atomic E-state index is 12.7. The molecule has 0 unspecified atom stereocenters. The van der Waals surface area contributed by atoms with E-state index in [4.69, 9.17) is 0 Å². The van der Waals surface area contributed by atoms with Crippen molar-refractivity contribution in [3.05, 3.63) is 76.5 Å². The first-order chi connectivity index (χ1) is 15.0. The maximum atomic E-state index is 12.7. The topological polar surface area (TPSA) is 110 Å². The van der Waals surface area contributed by atoms with Gasteiger partial charge in [-0.15, -0.1) is 0 Å². The third kappa shape index (κ3) is 4.97. The molecule has 1 saturated carbocycles. The summed E-state index contributed by atoms with van der Waals surface area (Å²) >= 11 is 0. The summed E-state index contributed by atoms with van der Waals surface area (Å²) < 4.78 is 1.72. The molecule has 2 N–H and O–H groups in total. The molecule has 0 spiro atoms. The van der Waals surface area contributed by atoms with Gasteiger partial charge in [0.05, 0.1) is 28.8 Å². The minimum Gasteiger partial charge on any atom is -0.393 e. The molecule has 8 nitrogen and oxygen atoms in total. The average Bonchev–Trinajstić information content (AvgIpc) is 3.19. The van der Waals surface area contributed by atoms with Crippen molar-refractivity contribution in [2.75, 3.05) is 0 Å². The van der Waals surface area contributed by atoms with E-state index in [2.05, 4.69) is 10.4 Å². The fourth-order valence-electron chi connectivity index (χ4n) is 3.91. The molecule has 3 aromatic rings. The number of carbonyl (C=O) groups excluding carboxylic acids is 1. The summed E-state index contributed by atoms with van der Waals surface area (Å²) in [6, 6.07) is 15.8. The van der Waals surface area contributed by atoms with E-state index in [0.717, 1.165) is 24.1 Å². The second-order valence-corrected chi connectivity index (χ2v) is 7.84. The molecule has 31 heavy (non-hydrogen) atoms. The van der Waals surface area contributed by atoms with Crippen molar-refractivity contribution in [3.8, 4) is 16.9 Å². The Morgan fingerprint density at radius 2 is 1.77 bits per heavy atom. The van der Waals surface area contributed by atoms with E-state index in [0.29, 0.717) is 24.1 Å². The van der Waals surface area contributed by atoms with Gasteiger partial charge in [0.2, 0.25) is 5.91 Å². The van der Waals surface area contributed by atoms with Gasteiger partial charge in [0.15, 0.2) is 0 Å². The van der Waals surface area contributed by atoms with Crippen LogP contribution in [0.1, 0.15) is 31.2 Å². The smallest absolute Gasteiger partial charge is 0.269 e. The number of amides is 1. The number of rotatable bonds is 6. The molecule has 4 rings (SSSR count). The van der Waals surface area contributed by atoms with Crippen LogP contribution in [0.4, 0.5) is 5.69 Å². The van der Waals surface area contributed by atoms with E-state index in [9.17, 15) is 20.0 Å². The molecule has 160 valence electrons. The summed E-state index contributed by atoms with van der Waals surface area (Å²) in [5.74, 6) is -0.0998. The molecular formula is C23H24N4O4. The lowest BCUT2D eigenvalue weighted by Crippen LogP contribution is -2.39. The number of carbonyl (C=O) groups is 1. The number of hydrogen-bond acceptors (Lipinski definition) is 5. The average molecular weight is 420 g/mol. The van der Waals surface area contributed by atoms with E-state index in [1.807, 2.05) is 36.5 Å². The molecule has 1 fully saturated rings. The van der Waals surface area contributed by atoms with E-state index >= 15 is 0 Å². The lowest BCUT2D eigenvalue weighted by Gasteiger charge is -2.26. The fourth-order valence-corrected chi connectivity index (χ4v) is 3.91. The third-order valence-corrected chi connectivity index (χ3v) is 5.58. The first kappa shape index (κ1) is 20.7. The molecule has 2 aromatic carbocycles. The van der Waals surface area contributed by atoms with Crippen molar-refractivity contribution in [3.63, 3.8) is 0 Å². The highest BCUT2D eigenvalue weighted by Gasteiger charge is 2.22. The van der Waals surface area contributed by atoms with E-state index in [-0.39, 0.29) is 30.2 Å². The first-order valence-electron chi connectivity index (χ1n) is 10.4. The minimum atomic E-state index is -0.443. The largest absolute Gasteiger partial charge is 0.393 e. The van der Waals surface area contributed by atoms with Gasteiger partial charge in [0.25, 0.3) is 5.69 Å². The summed E-state index contributed by atoms with van der Waals surface area (Å²) in [7, 11) is 0. The predicted octanol–water partition coefficient (Wildman–Crippen LogP) is 3.41. The van der Waals surface area contributed by atoms with Crippen LogP contribution in [-0.2, 0) is 11.2 Å². The van der Waals surface area contributed by atoms with Gasteiger partial charge in [-0.1, -0.05) is 18.2 Å². The molecule has 0 radical (unpaired) electrons. The highest BCUT2D eigenvalue weighted by Crippen LogP contribution is 2.26. The van der Waals surface area contributed by atoms with Crippen molar-refractivity contribution in [2.45, 2.75) is 44.2 Å². The lowest BCUT2D eigenvalue weighted by molar-refractivity contribution is -0.384. The SMILES string of the molecule is O=C(Cc1cn(-c2ccccc2)nc1-c1ccc([N+](=O)[O-])cc1)NC1CCC(O)CC1. The van der Waals surface area contributed by atoms with Crippen LogP contribution in [0, 0.1) is 10.1 Å². The van der Waals surface area contributed by atoms with Gasteiger partial charge >= 0.3 is 0 Å². The van der Waals surface area contributed by atoms with Crippen LogP contribution < -0.4 is 5.32 Å². The minimum absolute atomic E-state index is 0.00465. The summed E-state index contributed by atoms with van der Waals surface area (Å²) in [4.78, 5) is 23.3. The molecule has 8 heteroatoms. The monoisotopic (exact) mass is 420 g/mol. The highest BCUT2D eigenvalue weighted by molar-refractivity contribution is 5.81. The van der Waals surface area contributed by atoms with Crippen LogP contribution in [0.15, 0.2) is 60.8 Å². The first-order valence-corrected chi connectivity index (χ1v) is 10.4. The van der Waals surface area contributed by atoms with Crippen LogP contribution in [0.3, 0.4) is 0 Å². The van der Waals surface area contributed by atoms with Gasteiger partial charge in [-0.05, 0) is 49.9 Å². The van der Waals surface area contributed by atoms with Gasteiger partial charge in [0, 0.05) is 35.5 Å². The molecule has 0 saturated heterocycles. The number of para-hydroxylation sites is 1. The number of aliphatic hydroxyl groups excluding tert-OH is 1. The van der Waals surface area contributed by atoms with E-state index in [1.165, 1.54) is 12.1 Å². The van der Waals surface area contributed by atoms with Gasteiger partial charge in [-0.3, -0.25) is 14.9 Å². The summed E-state index contributed by atoms with van der Waals surface area (Å²) in [6.45, 7) is 0. The third-order valence-electron chi connectivity index (χ3n) is 5.58. The van der Waals surface area contributed by atoms with Crippen LogP contribution in [0.5, 0.6) is 0 Å². The molecule has 0 bridgehead atoms. The molecule has 1 aromatic heterocycles. The highest BCUT2D eigenvalue weighted by atomic mass is 16.6. The molecule has 1 amide bonds. The Morgan fingerprint density at radius 3 is 2.42 bits per heavy atom. The van der Waals surface area contributed by atoms with Crippen LogP contribution in [0.25, 0.3) is 16.9 Å². The van der Waals surface area contributed by atoms with Crippen molar-refractivity contribution < 1.29 is 14.8 Å². The number of nitro benzene ring substituents is 1. The zero-order valence-corrected chi connectivity index (χ0v) is 17.0. The summed E-state index contributed by atoms with van der Waals surface area (Å²) in [5, 5.41) is 28.4. The number of aliphatic hydroxyl groups is 1. The number of hydrogen-bond donors (Lipinski definition) is 2. The van der Waals surface area contributed by atoms with Gasteiger partial charge < -0.3 is 10.4 Å². The number of nitro groups is 1. The summed E-state index contributed by atoms with van der Waals surface area (Å²) in [6.07, 6.45) is 4.65. The standard InChI is InChI=1S/C23H24N4O4/c28-21-12-8-18(9-13-21)24-22(29)14-17-15-26(19-4-2-1-3-5-19)25-23(17)16-6-10-20(11-7-16)27(30)31/h1-7,10-11,15,18,21,28H,8-9,12-14H2,(H,24,29). The quantitative estimate of drug-likeness (QED) is 0.469. The van der Waals surface area contributed by atoms with Gasteiger partial charge in [-0.25, -0.2) is 4.68 Å². The number of nitrogens with one attached hydrogen (secondary N) is 1. The predicted molar refractivity (Wildman–Crippen MR) is 116 cm³/mol. The van der Waals surface area contributed by atoms with Crippen molar-refractivity contribution in [1.29, 1.82) is 0 Å². The zero-order valence-electron chi connectivity index (χ0n) is 17.0. The Labute approximate surface area is 179 Å². The Kier molecular flexibility index (Phi) is 6.08. The molecular weight excluding hydrogens is 396 g/mol. The normalized spacial score (nSPS) is 18.5. The number of nitrogens with zero attached hydrogens (tertiary/aromatic N) is 3. The second-order valence-electron chi connectivity index (χ2n) is 7.84.